The summed E-state index contributed by atoms with van der Waals surface area (Å²) in [6.07, 6.45) is 4.45. The van der Waals surface area contributed by atoms with E-state index >= 15 is 0 Å². The number of aryl methyl sites for hydroxylation is 1. The zero-order valence-electron chi connectivity index (χ0n) is 27.3. The average Bonchev–Trinajstić information content (AvgIpc) is 3.70. The molecule has 1 atom stereocenters. The van der Waals surface area contributed by atoms with Gasteiger partial charge >= 0.3 is 0 Å². The zero-order chi connectivity index (χ0) is 30.8. The number of nitrogens with zero attached hydrogens (tertiary/aromatic N) is 1. The van der Waals surface area contributed by atoms with Crippen LogP contribution in [0.25, 0.3) is 28.0 Å². The number of fused-ring (bicyclic) bond motifs is 4. The molecule has 7 rings (SSSR count). The molecule has 2 aliphatic carbocycles. The van der Waals surface area contributed by atoms with Gasteiger partial charge in [-0.05, 0) is 83.0 Å². The predicted octanol–water partition coefficient (Wildman–Crippen LogP) is 9.61. The van der Waals surface area contributed by atoms with Crippen molar-refractivity contribution >= 4 is 19.0 Å². The summed E-state index contributed by atoms with van der Waals surface area (Å²) >= 11 is 0. The summed E-state index contributed by atoms with van der Waals surface area (Å²) in [5, 5.41) is 1.40. The summed E-state index contributed by atoms with van der Waals surface area (Å²) in [5.74, 6) is 1.04. The molecule has 0 radical (unpaired) electrons. The molecule has 0 aromatic heterocycles. The second-order valence-corrected chi connectivity index (χ2v) is 18.7. The fourth-order valence-electron chi connectivity index (χ4n) is 8.63. The first kappa shape index (κ1) is 28.9. The highest BCUT2D eigenvalue weighted by Gasteiger charge is 2.45. The number of likely N-dealkylation sites (tertiary alicyclic amines) is 1. The van der Waals surface area contributed by atoms with E-state index in [1.54, 1.807) is 5.57 Å². The van der Waals surface area contributed by atoms with Gasteiger partial charge in [0, 0.05) is 40.9 Å². The van der Waals surface area contributed by atoms with E-state index in [0.717, 1.165) is 18.8 Å². The normalized spacial score (nSPS) is 18.3. The van der Waals surface area contributed by atoms with Gasteiger partial charge in [-0.25, -0.2) is 0 Å². The van der Waals surface area contributed by atoms with Crippen molar-refractivity contribution in [2.75, 3.05) is 19.7 Å². The Morgan fingerprint density at radius 3 is 2.27 bits per heavy atom. The third-order valence-corrected chi connectivity index (χ3v) is 14.6. The van der Waals surface area contributed by atoms with Gasteiger partial charge in [0.1, 0.15) is 12.4 Å². The molecule has 4 aromatic rings. The monoisotopic (exact) mass is 595 g/mol. The molecule has 0 N–H and O–H groups in total. The Balaban J connectivity index is 1.40. The first-order valence-corrected chi connectivity index (χ1v) is 19.4. The third-order valence-electron chi connectivity index (χ3n) is 10.6. The maximum atomic E-state index is 6.75. The summed E-state index contributed by atoms with van der Waals surface area (Å²) < 4.78 is 6.75. The summed E-state index contributed by atoms with van der Waals surface area (Å²) in [4.78, 5) is 2.65. The van der Waals surface area contributed by atoms with E-state index < -0.39 is 8.07 Å². The standard InChI is InChI=1S/C41H45NOSi/c1-8-23-43-39-34(29-19-20-31-30-15-11-12-18-35(30)41(4,5)36(31)26-29)24-27(2)25-37(39)44(6,7)40-28(3)38(42-21-13-14-22-42)32-16-9-10-17-33(32)40/h8-12,15-20,24-26,40H,1,13-14,21-23H2,2-7H3. The van der Waals surface area contributed by atoms with Crippen LogP contribution in [-0.4, -0.2) is 32.7 Å². The molecule has 0 saturated carbocycles. The molecule has 0 spiro atoms. The largest absolute Gasteiger partial charge is 0.489 e. The Morgan fingerprint density at radius 1 is 0.841 bits per heavy atom. The lowest BCUT2D eigenvalue weighted by atomic mass is 9.81. The van der Waals surface area contributed by atoms with Crippen LogP contribution in [0.5, 0.6) is 5.75 Å². The highest BCUT2D eigenvalue weighted by molar-refractivity contribution is 6.92. The van der Waals surface area contributed by atoms with Gasteiger partial charge in [-0.1, -0.05) is 112 Å². The quantitative estimate of drug-likeness (QED) is 0.156. The smallest absolute Gasteiger partial charge is 0.126 e. The van der Waals surface area contributed by atoms with Crippen molar-refractivity contribution in [3.63, 3.8) is 0 Å². The lowest BCUT2D eigenvalue weighted by Crippen LogP contribution is -2.48. The predicted molar refractivity (Wildman–Crippen MR) is 190 cm³/mol. The maximum absolute atomic E-state index is 6.75. The molecule has 224 valence electrons. The molecule has 1 heterocycles. The summed E-state index contributed by atoms with van der Waals surface area (Å²) in [5.41, 5.74) is 15.5. The minimum Gasteiger partial charge on any atom is -0.489 e. The molecule has 1 fully saturated rings. The van der Waals surface area contributed by atoms with Gasteiger partial charge in [0.05, 0.1) is 8.07 Å². The minimum atomic E-state index is -2.19. The van der Waals surface area contributed by atoms with Gasteiger partial charge < -0.3 is 9.64 Å². The topological polar surface area (TPSA) is 12.5 Å². The molecule has 1 unspecified atom stereocenters. The van der Waals surface area contributed by atoms with Crippen LogP contribution in [0.3, 0.4) is 0 Å². The van der Waals surface area contributed by atoms with Gasteiger partial charge in [-0.3, -0.25) is 0 Å². The SMILES string of the molecule is C=CCOc1c(-c2ccc3c(c2)C(C)(C)c2ccccc2-3)cc(C)cc1[Si](C)(C)C1C(C)=C(N2CCCC2)c2ccccc21. The number of rotatable bonds is 7. The third kappa shape index (κ3) is 4.35. The van der Waals surface area contributed by atoms with Crippen LogP contribution in [0.4, 0.5) is 0 Å². The van der Waals surface area contributed by atoms with Crippen LogP contribution in [0.15, 0.2) is 97.1 Å². The maximum Gasteiger partial charge on any atom is 0.126 e. The van der Waals surface area contributed by atoms with Crippen LogP contribution in [-0.2, 0) is 5.41 Å². The highest BCUT2D eigenvalue weighted by Crippen LogP contribution is 2.51. The van der Waals surface area contributed by atoms with Crippen molar-refractivity contribution in [1.82, 2.24) is 4.90 Å². The van der Waals surface area contributed by atoms with E-state index in [1.165, 1.54) is 73.8 Å². The van der Waals surface area contributed by atoms with Gasteiger partial charge in [0.15, 0.2) is 0 Å². The van der Waals surface area contributed by atoms with Crippen LogP contribution in [0.2, 0.25) is 13.1 Å². The second kappa shape index (κ2) is 10.7. The Bertz CT molecular complexity index is 1820. The van der Waals surface area contributed by atoms with Crippen molar-refractivity contribution in [2.24, 2.45) is 0 Å². The lowest BCUT2D eigenvalue weighted by molar-refractivity contribution is 0.367. The van der Waals surface area contributed by atoms with Crippen LogP contribution in [0, 0.1) is 6.92 Å². The first-order valence-electron chi connectivity index (χ1n) is 16.3. The molecule has 0 amide bonds. The van der Waals surface area contributed by atoms with E-state index in [1.807, 2.05) is 6.08 Å². The average molecular weight is 596 g/mol. The van der Waals surface area contributed by atoms with Gasteiger partial charge in [-0.15, -0.1) is 0 Å². The Morgan fingerprint density at radius 2 is 1.52 bits per heavy atom. The van der Waals surface area contributed by atoms with Crippen LogP contribution < -0.4 is 9.92 Å². The van der Waals surface area contributed by atoms with Gasteiger partial charge in [-0.2, -0.15) is 0 Å². The highest BCUT2D eigenvalue weighted by atomic mass is 28.3. The van der Waals surface area contributed by atoms with E-state index in [4.69, 9.17) is 4.74 Å². The molecule has 1 aliphatic heterocycles. The number of hydrogen-bond acceptors (Lipinski definition) is 2. The number of ether oxygens (including phenoxy) is 1. The van der Waals surface area contributed by atoms with E-state index in [-0.39, 0.29) is 5.41 Å². The van der Waals surface area contributed by atoms with E-state index in [9.17, 15) is 0 Å². The summed E-state index contributed by atoms with van der Waals surface area (Å²) in [7, 11) is -2.19. The summed E-state index contributed by atoms with van der Waals surface area (Å²) in [6.45, 7) is 21.3. The van der Waals surface area contributed by atoms with Crippen molar-refractivity contribution in [3.8, 4) is 28.0 Å². The second-order valence-electron chi connectivity index (χ2n) is 14.2. The van der Waals surface area contributed by atoms with Crippen molar-refractivity contribution < 1.29 is 4.74 Å². The lowest BCUT2D eigenvalue weighted by Gasteiger charge is -2.35. The van der Waals surface area contributed by atoms with Gasteiger partial charge in [0.2, 0.25) is 0 Å². The molecular formula is C41H45NOSi. The molecule has 44 heavy (non-hydrogen) atoms. The Kier molecular flexibility index (Phi) is 7.01. The molecular weight excluding hydrogens is 551 g/mol. The van der Waals surface area contributed by atoms with Crippen LogP contribution >= 0.6 is 0 Å². The molecule has 2 nitrogen and oxygen atoms in total. The van der Waals surface area contributed by atoms with E-state index in [0.29, 0.717) is 12.1 Å². The summed E-state index contributed by atoms with van der Waals surface area (Å²) in [6, 6.07) is 29.9. The fourth-order valence-corrected chi connectivity index (χ4v) is 12.6. The molecule has 3 aliphatic rings. The number of benzene rings is 4. The van der Waals surface area contributed by atoms with Crippen molar-refractivity contribution in [3.05, 3.63) is 125 Å². The van der Waals surface area contributed by atoms with Gasteiger partial charge in [0.25, 0.3) is 0 Å². The minimum absolute atomic E-state index is 0.0494. The molecule has 0 bridgehead atoms. The first-order chi connectivity index (χ1) is 21.1. The molecule has 3 heteroatoms. The van der Waals surface area contributed by atoms with Crippen LogP contribution in [0.1, 0.15) is 67.0 Å². The number of hydrogen-bond donors (Lipinski definition) is 0. The Hall–Kier alpha value is -3.82. The number of allylic oxidation sites excluding steroid dienone is 1. The molecule has 4 aromatic carbocycles. The zero-order valence-corrected chi connectivity index (χ0v) is 28.3. The van der Waals surface area contributed by atoms with Crippen molar-refractivity contribution in [2.45, 2.75) is 64.6 Å². The Labute approximate surface area is 265 Å². The fraction of sp³-hybridized carbons (Fsp3) is 0.317. The van der Waals surface area contributed by atoms with Crippen molar-refractivity contribution in [1.29, 1.82) is 0 Å². The van der Waals surface area contributed by atoms with E-state index in [2.05, 4.69) is 131 Å². The molecule has 1 saturated heterocycles.